The minimum Gasteiger partial charge on any atom is -0.399 e. The number of rotatable bonds is 2. The first-order valence-electron chi connectivity index (χ1n) is 6.43. The van der Waals surface area contributed by atoms with Crippen LogP contribution in [0.2, 0.25) is 0 Å². The minimum atomic E-state index is 0.711. The lowest BCUT2D eigenvalue weighted by molar-refractivity contribution is 0.944. The van der Waals surface area contributed by atoms with E-state index in [0.29, 0.717) is 5.82 Å². The number of anilines is 1. The van der Waals surface area contributed by atoms with Crippen LogP contribution in [0, 0.1) is 0 Å². The zero-order valence-electron chi connectivity index (χ0n) is 11.0. The van der Waals surface area contributed by atoms with E-state index < -0.39 is 0 Å². The average Bonchev–Trinajstić information content (AvgIpc) is 3.17. The molecule has 0 spiro atoms. The lowest BCUT2D eigenvalue weighted by Crippen LogP contribution is -1.96. The number of aromatic nitrogens is 4. The van der Waals surface area contributed by atoms with Crippen molar-refractivity contribution in [2.45, 2.75) is 0 Å². The van der Waals surface area contributed by atoms with E-state index in [1.165, 1.54) is 0 Å². The third kappa shape index (κ3) is 2.05. The van der Waals surface area contributed by atoms with Gasteiger partial charge in [0.2, 0.25) is 0 Å². The number of nitrogens with two attached hydrogens (primary N) is 1. The van der Waals surface area contributed by atoms with Gasteiger partial charge in [0.15, 0.2) is 11.5 Å². The van der Waals surface area contributed by atoms with Crippen LogP contribution in [0.15, 0.2) is 53.9 Å². The van der Waals surface area contributed by atoms with Gasteiger partial charge in [-0.3, -0.25) is 0 Å². The first-order chi connectivity index (χ1) is 10.3. The fourth-order valence-corrected chi connectivity index (χ4v) is 2.85. The van der Waals surface area contributed by atoms with E-state index in [1.54, 1.807) is 15.9 Å². The second-order valence-corrected chi connectivity index (χ2v) is 5.56. The highest BCUT2D eigenvalue weighted by Crippen LogP contribution is 2.24. The third-order valence-electron chi connectivity index (χ3n) is 3.21. The van der Waals surface area contributed by atoms with Crippen molar-refractivity contribution in [3.05, 3.63) is 53.9 Å². The molecule has 4 aromatic rings. The highest BCUT2D eigenvalue weighted by molar-refractivity contribution is 7.13. The molecule has 0 unspecified atom stereocenters. The number of fused-ring (bicyclic) bond motifs is 1. The highest BCUT2D eigenvalue weighted by Gasteiger charge is 2.10. The number of thiophene rings is 1. The summed E-state index contributed by atoms with van der Waals surface area (Å²) in [4.78, 5) is 1.12. The molecule has 0 saturated heterocycles. The molecule has 102 valence electrons. The van der Waals surface area contributed by atoms with Crippen molar-refractivity contribution >= 4 is 22.7 Å². The monoisotopic (exact) mass is 293 g/mol. The smallest absolute Gasteiger partial charge is 0.185 e. The number of hydrogen-bond donors (Lipinski definition) is 1. The van der Waals surface area contributed by atoms with Gasteiger partial charge in [-0.2, -0.15) is 9.61 Å². The van der Waals surface area contributed by atoms with Crippen LogP contribution in [-0.4, -0.2) is 19.8 Å². The molecule has 3 heterocycles. The molecule has 0 aliphatic heterocycles. The van der Waals surface area contributed by atoms with E-state index in [4.69, 9.17) is 5.73 Å². The molecule has 0 radical (unpaired) electrons. The van der Waals surface area contributed by atoms with Gasteiger partial charge in [0, 0.05) is 11.3 Å². The van der Waals surface area contributed by atoms with Gasteiger partial charge in [-0.25, -0.2) is 0 Å². The Morgan fingerprint density at radius 1 is 0.952 bits per heavy atom. The Morgan fingerprint density at radius 2 is 1.81 bits per heavy atom. The fourth-order valence-electron chi connectivity index (χ4n) is 2.16. The molecule has 0 aliphatic carbocycles. The van der Waals surface area contributed by atoms with E-state index in [1.807, 2.05) is 53.9 Å². The molecule has 1 aromatic carbocycles. The molecule has 4 rings (SSSR count). The number of hydrogen-bond acceptors (Lipinski definition) is 5. The predicted molar refractivity (Wildman–Crippen MR) is 83.9 cm³/mol. The van der Waals surface area contributed by atoms with Crippen molar-refractivity contribution in [3.8, 4) is 22.0 Å². The van der Waals surface area contributed by atoms with E-state index in [-0.39, 0.29) is 0 Å². The standard InChI is InChI=1S/C15H11N5S/c16-11-5-3-10(4-6-11)15-18-17-14-8-7-12(19-20(14)15)13-2-1-9-21-13/h1-9H,16H2. The SMILES string of the molecule is Nc1ccc(-c2nnc3ccc(-c4cccs4)nn23)cc1. The number of nitrogen functional groups attached to an aromatic ring is 1. The summed E-state index contributed by atoms with van der Waals surface area (Å²) in [5.41, 5.74) is 9.02. The minimum absolute atomic E-state index is 0.711. The van der Waals surface area contributed by atoms with Crippen molar-refractivity contribution in [3.63, 3.8) is 0 Å². The van der Waals surface area contributed by atoms with Crippen LogP contribution in [0.3, 0.4) is 0 Å². The zero-order chi connectivity index (χ0) is 14.2. The highest BCUT2D eigenvalue weighted by atomic mass is 32.1. The summed E-state index contributed by atoms with van der Waals surface area (Å²) in [5.74, 6) is 0.711. The van der Waals surface area contributed by atoms with E-state index >= 15 is 0 Å². The van der Waals surface area contributed by atoms with Gasteiger partial charge >= 0.3 is 0 Å². The molecule has 6 heteroatoms. The Kier molecular flexibility index (Phi) is 2.68. The van der Waals surface area contributed by atoms with Gasteiger partial charge < -0.3 is 5.73 Å². The maximum atomic E-state index is 5.72. The molecule has 0 fully saturated rings. The van der Waals surface area contributed by atoms with Crippen LogP contribution < -0.4 is 5.73 Å². The quantitative estimate of drug-likeness (QED) is 0.577. The van der Waals surface area contributed by atoms with Crippen LogP contribution >= 0.6 is 11.3 Å². The van der Waals surface area contributed by atoms with Crippen LogP contribution in [0.5, 0.6) is 0 Å². The molecule has 0 atom stereocenters. The van der Waals surface area contributed by atoms with Crippen molar-refractivity contribution in [2.75, 3.05) is 5.73 Å². The summed E-state index contributed by atoms with van der Waals surface area (Å²) in [6.07, 6.45) is 0. The Balaban J connectivity index is 1.90. The van der Waals surface area contributed by atoms with Crippen LogP contribution in [0.25, 0.3) is 27.6 Å². The van der Waals surface area contributed by atoms with E-state index in [2.05, 4.69) is 15.3 Å². The fraction of sp³-hybridized carbons (Fsp3) is 0. The normalized spacial score (nSPS) is 11.0. The topological polar surface area (TPSA) is 69.1 Å². The Hall–Kier alpha value is -2.73. The Labute approximate surface area is 124 Å². The Bertz CT molecular complexity index is 894. The zero-order valence-corrected chi connectivity index (χ0v) is 11.8. The van der Waals surface area contributed by atoms with Crippen LogP contribution in [0.1, 0.15) is 0 Å². The average molecular weight is 293 g/mol. The van der Waals surface area contributed by atoms with Gasteiger partial charge in [0.05, 0.1) is 4.88 Å². The molecule has 21 heavy (non-hydrogen) atoms. The third-order valence-corrected chi connectivity index (χ3v) is 4.10. The van der Waals surface area contributed by atoms with E-state index in [0.717, 1.165) is 27.5 Å². The molecule has 5 nitrogen and oxygen atoms in total. The Morgan fingerprint density at radius 3 is 2.57 bits per heavy atom. The van der Waals surface area contributed by atoms with Crippen LogP contribution in [0.4, 0.5) is 5.69 Å². The van der Waals surface area contributed by atoms with Crippen molar-refractivity contribution in [1.82, 2.24) is 19.8 Å². The maximum Gasteiger partial charge on any atom is 0.185 e. The number of nitrogens with zero attached hydrogens (tertiary/aromatic N) is 4. The second-order valence-electron chi connectivity index (χ2n) is 4.61. The molecule has 0 bridgehead atoms. The lowest BCUT2D eigenvalue weighted by Gasteiger charge is -2.02. The summed E-state index contributed by atoms with van der Waals surface area (Å²) in [7, 11) is 0. The summed E-state index contributed by atoms with van der Waals surface area (Å²) >= 11 is 1.66. The molecular formula is C15H11N5S. The van der Waals surface area contributed by atoms with Gasteiger partial charge in [0.1, 0.15) is 5.69 Å². The summed E-state index contributed by atoms with van der Waals surface area (Å²) in [5, 5.41) is 15.1. The first kappa shape index (κ1) is 12.0. The summed E-state index contributed by atoms with van der Waals surface area (Å²) < 4.78 is 1.76. The van der Waals surface area contributed by atoms with Gasteiger partial charge in [-0.05, 0) is 47.8 Å². The summed E-state index contributed by atoms with van der Waals surface area (Å²) in [6, 6.07) is 15.5. The van der Waals surface area contributed by atoms with Crippen molar-refractivity contribution in [2.24, 2.45) is 0 Å². The van der Waals surface area contributed by atoms with Gasteiger partial charge in [0.25, 0.3) is 0 Å². The first-order valence-corrected chi connectivity index (χ1v) is 7.31. The maximum absolute atomic E-state index is 5.72. The predicted octanol–water partition coefficient (Wildman–Crippen LogP) is 3.10. The molecule has 3 aromatic heterocycles. The van der Waals surface area contributed by atoms with E-state index in [9.17, 15) is 0 Å². The van der Waals surface area contributed by atoms with Gasteiger partial charge in [-0.1, -0.05) is 6.07 Å². The molecule has 0 aliphatic rings. The number of benzene rings is 1. The molecule has 2 N–H and O–H groups in total. The lowest BCUT2D eigenvalue weighted by atomic mass is 10.2. The molecule has 0 amide bonds. The molecular weight excluding hydrogens is 282 g/mol. The largest absolute Gasteiger partial charge is 0.399 e. The van der Waals surface area contributed by atoms with Crippen LogP contribution in [-0.2, 0) is 0 Å². The van der Waals surface area contributed by atoms with Crippen molar-refractivity contribution < 1.29 is 0 Å². The summed E-state index contributed by atoms with van der Waals surface area (Å²) in [6.45, 7) is 0. The van der Waals surface area contributed by atoms with Crippen molar-refractivity contribution in [1.29, 1.82) is 0 Å². The molecule has 0 saturated carbocycles. The van der Waals surface area contributed by atoms with Gasteiger partial charge in [-0.15, -0.1) is 21.5 Å². The second kappa shape index (κ2) is 4.68.